The zero-order valence-electron chi connectivity index (χ0n) is 8.20. The van der Waals surface area contributed by atoms with Crippen molar-refractivity contribution >= 4 is 23.2 Å². The van der Waals surface area contributed by atoms with E-state index in [0.717, 1.165) is 11.4 Å². The Morgan fingerprint density at radius 1 is 1.13 bits per heavy atom. The first-order valence-corrected chi connectivity index (χ1v) is 5.05. The van der Waals surface area contributed by atoms with E-state index in [2.05, 4.69) is 15.1 Å². The molecule has 0 saturated carbocycles. The van der Waals surface area contributed by atoms with E-state index in [1.54, 1.807) is 6.20 Å². The third-order valence-corrected chi connectivity index (χ3v) is 2.46. The molecule has 0 aliphatic heterocycles. The first-order valence-electron chi connectivity index (χ1n) is 4.29. The summed E-state index contributed by atoms with van der Waals surface area (Å²) in [7, 11) is 0. The molecular weight excluding hydrogens is 235 g/mol. The van der Waals surface area contributed by atoms with Gasteiger partial charge in [-0.3, -0.25) is 0 Å². The lowest BCUT2D eigenvalue weighted by Gasteiger charge is -2.05. The monoisotopic (exact) mass is 242 g/mol. The minimum Gasteiger partial charge on any atom is -0.236 e. The SMILES string of the molecule is Cc1nc(Cl)c(-n2cc(Cl)cn2)nc1C. The van der Waals surface area contributed by atoms with E-state index < -0.39 is 0 Å². The van der Waals surface area contributed by atoms with Crippen LogP contribution < -0.4 is 0 Å². The van der Waals surface area contributed by atoms with Gasteiger partial charge in [0.2, 0.25) is 0 Å². The van der Waals surface area contributed by atoms with Gasteiger partial charge in [0.15, 0.2) is 11.0 Å². The Morgan fingerprint density at radius 3 is 2.40 bits per heavy atom. The Hall–Kier alpha value is -1.13. The van der Waals surface area contributed by atoms with Gasteiger partial charge in [-0.05, 0) is 13.8 Å². The molecule has 0 spiro atoms. The Labute approximate surface area is 96.9 Å². The second-order valence-electron chi connectivity index (χ2n) is 3.11. The number of nitrogens with zero attached hydrogens (tertiary/aromatic N) is 4. The molecule has 2 heterocycles. The molecule has 4 nitrogen and oxygen atoms in total. The number of hydrogen-bond acceptors (Lipinski definition) is 3. The van der Waals surface area contributed by atoms with E-state index in [1.165, 1.54) is 10.9 Å². The van der Waals surface area contributed by atoms with E-state index in [9.17, 15) is 0 Å². The van der Waals surface area contributed by atoms with Gasteiger partial charge in [0.25, 0.3) is 0 Å². The van der Waals surface area contributed by atoms with Crippen molar-refractivity contribution in [3.05, 3.63) is 34.0 Å². The van der Waals surface area contributed by atoms with Crippen LogP contribution in [0.25, 0.3) is 5.82 Å². The topological polar surface area (TPSA) is 43.6 Å². The quantitative estimate of drug-likeness (QED) is 0.773. The van der Waals surface area contributed by atoms with Crippen molar-refractivity contribution in [2.45, 2.75) is 13.8 Å². The highest BCUT2D eigenvalue weighted by Crippen LogP contribution is 2.18. The molecule has 0 fully saturated rings. The maximum absolute atomic E-state index is 5.97. The molecule has 2 aromatic rings. The number of aryl methyl sites for hydroxylation is 2. The fraction of sp³-hybridized carbons (Fsp3) is 0.222. The summed E-state index contributed by atoms with van der Waals surface area (Å²) in [6.07, 6.45) is 3.15. The van der Waals surface area contributed by atoms with E-state index in [0.29, 0.717) is 16.0 Å². The van der Waals surface area contributed by atoms with E-state index >= 15 is 0 Å². The van der Waals surface area contributed by atoms with Crippen LogP contribution in [0.5, 0.6) is 0 Å². The van der Waals surface area contributed by atoms with Crippen molar-refractivity contribution in [2.24, 2.45) is 0 Å². The van der Waals surface area contributed by atoms with Crippen molar-refractivity contribution in [3.63, 3.8) is 0 Å². The van der Waals surface area contributed by atoms with Gasteiger partial charge in [-0.15, -0.1) is 0 Å². The van der Waals surface area contributed by atoms with Crippen LogP contribution in [-0.4, -0.2) is 19.7 Å². The van der Waals surface area contributed by atoms with Gasteiger partial charge in [0, 0.05) is 0 Å². The molecule has 0 atom stereocenters. The Bertz CT molecular complexity index is 507. The van der Waals surface area contributed by atoms with Gasteiger partial charge in [0.1, 0.15) is 0 Å². The van der Waals surface area contributed by atoms with Crippen LogP contribution in [0.2, 0.25) is 10.2 Å². The predicted molar refractivity (Wildman–Crippen MR) is 58.6 cm³/mol. The van der Waals surface area contributed by atoms with Crippen LogP contribution >= 0.6 is 23.2 Å². The second-order valence-corrected chi connectivity index (χ2v) is 3.91. The van der Waals surface area contributed by atoms with Crippen LogP contribution in [0.4, 0.5) is 0 Å². The largest absolute Gasteiger partial charge is 0.236 e. The van der Waals surface area contributed by atoms with Crippen molar-refractivity contribution in [1.29, 1.82) is 0 Å². The summed E-state index contributed by atoms with van der Waals surface area (Å²) >= 11 is 11.7. The zero-order valence-corrected chi connectivity index (χ0v) is 9.71. The van der Waals surface area contributed by atoms with Crippen molar-refractivity contribution < 1.29 is 0 Å². The van der Waals surface area contributed by atoms with Crippen molar-refractivity contribution in [1.82, 2.24) is 19.7 Å². The predicted octanol–water partition coefficient (Wildman–Crippen LogP) is 2.59. The number of rotatable bonds is 1. The summed E-state index contributed by atoms with van der Waals surface area (Å²) < 4.78 is 1.50. The lowest BCUT2D eigenvalue weighted by Crippen LogP contribution is -2.04. The van der Waals surface area contributed by atoms with Gasteiger partial charge >= 0.3 is 0 Å². The lowest BCUT2D eigenvalue weighted by molar-refractivity contribution is 0.824. The average molecular weight is 243 g/mol. The smallest absolute Gasteiger partial charge is 0.191 e. The van der Waals surface area contributed by atoms with Crippen LogP contribution in [0, 0.1) is 13.8 Å². The Balaban J connectivity index is 2.58. The second kappa shape index (κ2) is 3.79. The molecule has 0 aliphatic rings. The van der Waals surface area contributed by atoms with Gasteiger partial charge in [-0.2, -0.15) is 5.10 Å². The van der Waals surface area contributed by atoms with E-state index in [-0.39, 0.29) is 0 Å². The van der Waals surface area contributed by atoms with Crippen LogP contribution in [0.1, 0.15) is 11.4 Å². The summed E-state index contributed by atoms with van der Waals surface area (Å²) in [6, 6.07) is 0. The molecule has 2 aromatic heterocycles. The highest BCUT2D eigenvalue weighted by Gasteiger charge is 2.09. The molecule has 0 radical (unpaired) electrons. The Kier molecular flexibility index (Phi) is 2.63. The molecular formula is C9H8Cl2N4. The molecule has 2 rings (SSSR count). The molecule has 0 saturated heterocycles. The maximum atomic E-state index is 5.97. The normalized spacial score (nSPS) is 10.7. The number of hydrogen-bond donors (Lipinski definition) is 0. The number of aromatic nitrogens is 4. The van der Waals surface area contributed by atoms with E-state index in [1.807, 2.05) is 13.8 Å². The molecule has 0 aromatic carbocycles. The third-order valence-electron chi connectivity index (χ3n) is 2.02. The zero-order chi connectivity index (χ0) is 11.0. The van der Waals surface area contributed by atoms with Crippen LogP contribution in [0.15, 0.2) is 12.4 Å². The molecule has 0 amide bonds. The first kappa shape index (κ1) is 10.4. The average Bonchev–Trinajstić information content (AvgIpc) is 2.58. The van der Waals surface area contributed by atoms with Crippen molar-refractivity contribution in [2.75, 3.05) is 0 Å². The highest BCUT2D eigenvalue weighted by atomic mass is 35.5. The van der Waals surface area contributed by atoms with Crippen LogP contribution in [0.3, 0.4) is 0 Å². The lowest BCUT2D eigenvalue weighted by atomic mass is 10.3. The maximum Gasteiger partial charge on any atom is 0.191 e. The molecule has 0 bridgehead atoms. The van der Waals surface area contributed by atoms with Gasteiger partial charge in [0.05, 0.1) is 28.8 Å². The first-order chi connectivity index (χ1) is 7.08. The van der Waals surface area contributed by atoms with Crippen molar-refractivity contribution in [3.8, 4) is 5.82 Å². The summed E-state index contributed by atoms with van der Waals surface area (Å²) in [5, 5.41) is 4.87. The molecule has 0 unspecified atom stereocenters. The van der Waals surface area contributed by atoms with Gasteiger partial charge in [-0.25, -0.2) is 14.6 Å². The summed E-state index contributed by atoms with van der Waals surface area (Å²) in [6.45, 7) is 3.72. The summed E-state index contributed by atoms with van der Waals surface area (Å²) in [5.41, 5.74) is 1.63. The third kappa shape index (κ3) is 1.96. The molecule has 0 aliphatic carbocycles. The fourth-order valence-corrected chi connectivity index (χ4v) is 1.52. The summed E-state index contributed by atoms with van der Waals surface area (Å²) in [4.78, 5) is 8.46. The molecule has 6 heteroatoms. The Morgan fingerprint density at radius 2 is 1.80 bits per heavy atom. The van der Waals surface area contributed by atoms with E-state index in [4.69, 9.17) is 23.2 Å². The molecule has 0 N–H and O–H groups in total. The highest BCUT2D eigenvalue weighted by molar-refractivity contribution is 6.31. The minimum atomic E-state index is 0.317. The van der Waals surface area contributed by atoms with Crippen LogP contribution in [-0.2, 0) is 0 Å². The minimum absolute atomic E-state index is 0.317. The summed E-state index contributed by atoms with van der Waals surface area (Å²) in [5.74, 6) is 0.492. The van der Waals surface area contributed by atoms with Gasteiger partial charge in [-0.1, -0.05) is 23.2 Å². The van der Waals surface area contributed by atoms with Gasteiger partial charge < -0.3 is 0 Å². The molecule has 78 valence electrons. The fourth-order valence-electron chi connectivity index (χ4n) is 1.13. The molecule has 15 heavy (non-hydrogen) atoms. The number of halogens is 2. The standard InChI is InChI=1S/C9H8Cl2N4/c1-5-6(2)14-9(8(11)13-5)15-4-7(10)3-12-15/h3-4H,1-2H3.